The maximum Gasteiger partial charge on any atom is 0.276 e. The molecule has 0 unspecified atom stereocenters. The Kier molecular flexibility index (Phi) is 4.73. The Balaban J connectivity index is 2.22. The predicted molar refractivity (Wildman–Crippen MR) is 80.4 cm³/mol. The summed E-state index contributed by atoms with van der Waals surface area (Å²) >= 11 is 0. The number of nitro benzene ring substituents is 1. The second-order valence-corrected chi connectivity index (χ2v) is 4.60. The van der Waals surface area contributed by atoms with Crippen molar-refractivity contribution < 1.29 is 19.2 Å². The number of benzene rings is 2. The summed E-state index contributed by atoms with van der Waals surface area (Å²) in [7, 11) is 1.47. The SMILES string of the molecule is COc1cc(C(C)=O)ccc1OCc1ccccc1[N+](=O)[O-]. The Morgan fingerprint density at radius 1 is 1.18 bits per heavy atom. The molecule has 6 heteroatoms. The first-order chi connectivity index (χ1) is 10.5. The molecule has 0 atom stereocenters. The summed E-state index contributed by atoms with van der Waals surface area (Å²) < 4.78 is 10.8. The number of nitrogens with zero attached hydrogens (tertiary/aromatic N) is 1. The van der Waals surface area contributed by atoms with Crippen LogP contribution in [0.2, 0.25) is 0 Å². The normalized spacial score (nSPS) is 10.1. The fraction of sp³-hybridized carbons (Fsp3) is 0.188. The molecular formula is C16H15NO5. The number of ketones is 1. The number of ether oxygens (including phenoxy) is 2. The summed E-state index contributed by atoms with van der Waals surface area (Å²) in [5.74, 6) is 0.750. The molecule has 0 radical (unpaired) electrons. The van der Waals surface area contributed by atoms with Gasteiger partial charge in [-0.1, -0.05) is 12.1 Å². The van der Waals surface area contributed by atoms with E-state index < -0.39 is 4.92 Å². The summed E-state index contributed by atoms with van der Waals surface area (Å²) in [5.41, 5.74) is 0.974. The van der Waals surface area contributed by atoms with Crippen LogP contribution < -0.4 is 9.47 Å². The molecule has 0 amide bonds. The lowest BCUT2D eigenvalue weighted by molar-refractivity contribution is -0.385. The summed E-state index contributed by atoms with van der Waals surface area (Å²) in [6, 6.07) is 11.2. The number of hydrogen-bond donors (Lipinski definition) is 0. The van der Waals surface area contributed by atoms with Gasteiger partial charge in [-0.2, -0.15) is 0 Å². The van der Waals surface area contributed by atoms with Crippen molar-refractivity contribution in [3.63, 3.8) is 0 Å². The molecular weight excluding hydrogens is 286 g/mol. The predicted octanol–water partition coefficient (Wildman–Crippen LogP) is 3.39. The maximum absolute atomic E-state index is 11.4. The highest BCUT2D eigenvalue weighted by atomic mass is 16.6. The monoisotopic (exact) mass is 301 g/mol. The van der Waals surface area contributed by atoms with Gasteiger partial charge in [0.25, 0.3) is 5.69 Å². The molecule has 2 aromatic carbocycles. The third-order valence-electron chi connectivity index (χ3n) is 3.14. The number of carbonyl (C=O) groups is 1. The lowest BCUT2D eigenvalue weighted by atomic mass is 10.1. The minimum Gasteiger partial charge on any atom is -0.493 e. The molecule has 0 fully saturated rings. The maximum atomic E-state index is 11.4. The van der Waals surface area contributed by atoms with Crippen LogP contribution in [0.5, 0.6) is 11.5 Å². The first kappa shape index (κ1) is 15.5. The molecule has 2 aromatic rings. The van der Waals surface area contributed by atoms with E-state index in [0.717, 1.165) is 0 Å². The average molecular weight is 301 g/mol. The molecule has 0 N–H and O–H groups in total. The number of Topliss-reactive ketones (excluding diaryl/α,β-unsaturated/α-hetero) is 1. The smallest absolute Gasteiger partial charge is 0.276 e. The van der Waals surface area contributed by atoms with E-state index in [0.29, 0.717) is 22.6 Å². The van der Waals surface area contributed by atoms with E-state index in [1.165, 1.54) is 20.1 Å². The van der Waals surface area contributed by atoms with E-state index in [2.05, 4.69) is 0 Å². The van der Waals surface area contributed by atoms with Gasteiger partial charge in [0, 0.05) is 11.6 Å². The number of hydrogen-bond acceptors (Lipinski definition) is 5. The van der Waals surface area contributed by atoms with Crippen molar-refractivity contribution in [3.05, 3.63) is 63.7 Å². The number of nitro groups is 1. The molecule has 0 aromatic heterocycles. The zero-order valence-corrected chi connectivity index (χ0v) is 12.2. The summed E-state index contributed by atoms with van der Waals surface area (Å²) in [6.45, 7) is 1.50. The molecule has 0 aliphatic heterocycles. The minimum atomic E-state index is -0.450. The number of para-hydroxylation sites is 1. The Labute approximate surface area is 127 Å². The molecule has 0 heterocycles. The van der Waals surface area contributed by atoms with E-state index in [9.17, 15) is 14.9 Å². The topological polar surface area (TPSA) is 78.7 Å². The highest BCUT2D eigenvalue weighted by Crippen LogP contribution is 2.30. The Hall–Kier alpha value is -2.89. The highest BCUT2D eigenvalue weighted by molar-refractivity contribution is 5.94. The Morgan fingerprint density at radius 2 is 1.91 bits per heavy atom. The summed E-state index contributed by atoms with van der Waals surface area (Å²) in [5, 5.41) is 11.0. The van der Waals surface area contributed by atoms with Crippen LogP contribution in [0.1, 0.15) is 22.8 Å². The fourth-order valence-electron chi connectivity index (χ4n) is 1.97. The van der Waals surface area contributed by atoms with E-state index in [-0.39, 0.29) is 18.1 Å². The van der Waals surface area contributed by atoms with E-state index >= 15 is 0 Å². The van der Waals surface area contributed by atoms with Crippen molar-refractivity contribution in [2.75, 3.05) is 7.11 Å². The van der Waals surface area contributed by atoms with Gasteiger partial charge < -0.3 is 9.47 Å². The standard InChI is InChI=1S/C16H15NO5/c1-11(18)12-7-8-15(16(9-12)21-2)22-10-13-5-3-4-6-14(13)17(19)20/h3-9H,10H2,1-2H3. The average Bonchev–Trinajstić information content (AvgIpc) is 2.52. The van der Waals surface area contributed by atoms with Crippen LogP contribution in [0, 0.1) is 10.1 Å². The lowest BCUT2D eigenvalue weighted by Gasteiger charge is -2.11. The zero-order valence-electron chi connectivity index (χ0n) is 12.2. The van der Waals surface area contributed by atoms with Crippen molar-refractivity contribution >= 4 is 11.5 Å². The van der Waals surface area contributed by atoms with Gasteiger partial charge in [-0.3, -0.25) is 14.9 Å². The van der Waals surface area contributed by atoms with Crippen LogP contribution in [0.4, 0.5) is 5.69 Å². The van der Waals surface area contributed by atoms with Crippen LogP contribution in [0.15, 0.2) is 42.5 Å². The molecule has 22 heavy (non-hydrogen) atoms. The Bertz CT molecular complexity index is 711. The molecule has 0 saturated carbocycles. The van der Waals surface area contributed by atoms with Crippen molar-refractivity contribution in [3.8, 4) is 11.5 Å². The van der Waals surface area contributed by atoms with Gasteiger partial charge in [0.2, 0.25) is 0 Å². The second kappa shape index (κ2) is 6.71. The van der Waals surface area contributed by atoms with Crippen molar-refractivity contribution in [2.45, 2.75) is 13.5 Å². The number of rotatable bonds is 6. The molecule has 0 aliphatic rings. The first-order valence-corrected chi connectivity index (χ1v) is 6.57. The van der Waals surface area contributed by atoms with Crippen molar-refractivity contribution in [2.24, 2.45) is 0 Å². The third kappa shape index (κ3) is 3.41. The molecule has 2 rings (SSSR count). The van der Waals surface area contributed by atoms with E-state index in [1.807, 2.05) is 0 Å². The van der Waals surface area contributed by atoms with Crippen LogP contribution in [0.25, 0.3) is 0 Å². The quantitative estimate of drug-likeness (QED) is 0.464. The molecule has 0 spiro atoms. The molecule has 0 bridgehead atoms. The van der Waals surface area contributed by atoms with Crippen LogP contribution in [-0.4, -0.2) is 17.8 Å². The summed E-state index contributed by atoms with van der Waals surface area (Å²) in [6.07, 6.45) is 0. The van der Waals surface area contributed by atoms with Crippen molar-refractivity contribution in [1.82, 2.24) is 0 Å². The highest BCUT2D eigenvalue weighted by Gasteiger charge is 2.14. The lowest BCUT2D eigenvalue weighted by Crippen LogP contribution is -2.02. The molecule has 114 valence electrons. The first-order valence-electron chi connectivity index (χ1n) is 6.57. The van der Waals surface area contributed by atoms with Gasteiger partial charge >= 0.3 is 0 Å². The van der Waals surface area contributed by atoms with Gasteiger partial charge in [-0.05, 0) is 31.2 Å². The zero-order chi connectivity index (χ0) is 16.1. The van der Waals surface area contributed by atoms with E-state index in [4.69, 9.17) is 9.47 Å². The van der Waals surface area contributed by atoms with Crippen molar-refractivity contribution in [1.29, 1.82) is 0 Å². The van der Waals surface area contributed by atoms with E-state index in [1.54, 1.807) is 36.4 Å². The second-order valence-electron chi connectivity index (χ2n) is 4.60. The Morgan fingerprint density at radius 3 is 2.55 bits per heavy atom. The third-order valence-corrected chi connectivity index (χ3v) is 3.14. The summed E-state index contributed by atoms with van der Waals surface area (Å²) in [4.78, 5) is 21.9. The molecule has 0 aliphatic carbocycles. The van der Waals surface area contributed by atoms with Crippen LogP contribution in [0.3, 0.4) is 0 Å². The van der Waals surface area contributed by atoms with Gasteiger partial charge in [-0.25, -0.2) is 0 Å². The number of methoxy groups -OCH3 is 1. The van der Waals surface area contributed by atoms with Gasteiger partial charge in [0.1, 0.15) is 6.61 Å². The molecule has 0 saturated heterocycles. The minimum absolute atomic E-state index is 0.00169. The van der Waals surface area contributed by atoms with Gasteiger partial charge in [-0.15, -0.1) is 0 Å². The van der Waals surface area contributed by atoms with Crippen LogP contribution in [-0.2, 0) is 6.61 Å². The largest absolute Gasteiger partial charge is 0.493 e. The number of carbonyl (C=O) groups excluding carboxylic acids is 1. The van der Waals surface area contributed by atoms with Gasteiger partial charge in [0.05, 0.1) is 17.6 Å². The van der Waals surface area contributed by atoms with Gasteiger partial charge in [0.15, 0.2) is 17.3 Å². The molecule has 6 nitrogen and oxygen atoms in total. The van der Waals surface area contributed by atoms with Crippen LogP contribution >= 0.6 is 0 Å². The fourth-order valence-corrected chi connectivity index (χ4v) is 1.97.